The summed E-state index contributed by atoms with van der Waals surface area (Å²) in [6.45, 7) is -11.8. The maximum atomic E-state index is 12.8. The Balaban J connectivity index is 3.33. The van der Waals surface area contributed by atoms with E-state index in [0.29, 0.717) is 6.92 Å². The molecule has 1 atom stereocenters. The summed E-state index contributed by atoms with van der Waals surface area (Å²) in [4.78, 5) is -2.60. The normalized spacial score (nSPS) is 53.5. The fourth-order valence-electron chi connectivity index (χ4n) is 1.19. The van der Waals surface area contributed by atoms with Gasteiger partial charge in [-0.1, -0.05) is 19.0 Å². The molecule has 0 N–H and O–H groups in total. The number of rotatable bonds is 4. The predicted molar refractivity (Wildman–Crippen MR) is 78.3 cm³/mol. The second kappa shape index (κ2) is 6.06. The van der Waals surface area contributed by atoms with Gasteiger partial charge in [0, 0.05) is 34.6 Å². The van der Waals surface area contributed by atoms with Crippen LogP contribution in [0.4, 0.5) is 0 Å². The molecule has 0 saturated carbocycles. The van der Waals surface area contributed by atoms with Crippen molar-refractivity contribution in [2.24, 2.45) is 0 Å². The summed E-state index contributed by atoms with van der Waals surface area (Å²) in [6, 6.07) is -6.52. The molecule has 0 spiro atoms. The van der Waals surface area contributed by atoms with Gasteiger partial charge in [-0.2, -0.15) is 0 Å². The van der Waals surface area contributed by atoms with E-state index in [0.717, 1.165) is 0 Å². The Labute approximate surface area is 144 Å². The standard InChI is InChI=1S/C15H23NO2S/c1-3-9-16-10-5-7-14(12-16)13-6-4-8-15(11-13)19(2,17)18/h4,6,8,11,14H,3,5,7,9-10,12H2,1-2H3/i2D3,3D2,4D,5D2,6D,7D2,8D,9D2,10D2,11D,12D2,14D. The number of hydrogen-bond acceptors (Lipinski definition) is 3. The lowest BCUT2D eigenvalue weighted by atomic mass is 9.90. The molecule has 0 radical (unpaired) electrons. The number of benzene rings is 1. The van der Waals surface area contributed by atoms with Gasteiger partial charge in [0.15, 0.2) is 9.84 Å². The molecule has 0 aliphatic carbocycles. The third-order valence-electron chi connectivity index (χ3n) is 1.92. The molecule has 1 aromatic carbocycles. The zero-order valence-corrected chi connectivity index (χ0v) is 10.5. The fourth-order valence-corrected chi connectivity index (χ4v) is 1.61. The van der Waals surface area contributed by atoms with Crippen LogP contribution >= 0.6 is 0 Å². The van der Waals surface area contributed by atoms with Crippen LogP contribution in [0.2, 0.25) is 0 Å². The highest BCUT2D eigenvalue weighted by Crippen LogP contribution is 2.28. The molecule has 1 heterocycles. The van der Waals surface area contributed by atoms with Gasteiger partial charge in [-0.15, -0.1) is 0 Å². The van der Waals surface area contributed by atoms with Gasteiger partial charge in [0.1, 0.15) is 0 Å². The molecule has 0 bridgehead atoms. The zero-order chi connectivity index (χ0) is 31.5. The number of hydrogen-bond donors (Lipinski definition) is 0. The van der Waals surface area contributed by atoms with Crippen molar-refractivity contribution in [3.63, 3.8) is 0 Å². The van der Waals surface area contributed by atoms with Crippen LogP contribution in [0.3, 0.4) is 0 Å². The highest BCUT2D eigenvalue weighted by atomic mass is 32.2. The third-order valence-corrected chi connectivity index (χ3v) is 2.66. The topological polar surface area (TPSA) is 37.4 Å². The quantitative estimate of drug-likeness (QED) is 0.858. The van der Waals surface area contributed by atoms with Crippen LogP contribution < -0.4 is 0 Å². The first-order valence-corrected chi connectivity index (χ1v) is 6.40. The van der Waals surface area contributed by atoms with E-state index in [1.807, 2.05) is 0 Å². The Morgan fingerprint density at radius 3 is 3.26 bits per heavy atom. The van der Waals surface area contributed by atoms with E-state index in [2.05, 4.69) is 0 Å². The largest absolute Gasteiger partial charge is 0.303 e. The number of piperidine rings is 1. The van der Waals surface area contributed by atoms with E-state index >= 15 is 0 Å². The van der Waals surface area contributed by atoms with Crippen LogP contribution in [0.15, 0.2) is 29.1 Å². The van der Waals surface area contributed by atoms with E-state index in [9.17, 15) is 8.42 Å². The van der Waals surface area contributed by atoms with Crippen LogP contribution in [0.5, 0.6) is 0 Å². The molecule has 1 unspecified atom stereocenters. The minimum Gasteiger partial charge on any atom is -0.303 e. The van der Waals surface area contributed by atoms with Crippen LogP contribution in [0.1, 0.15) is 64.9 Å². The van der Waals surface area contributed by atoms with Crippen molar-refractivity contribution in [3.05, 3.63) is 29.7 Å². The molecule has 1 aliphatic heterocycles. The van der Waals surface area contributed by atoms with Crippen molar-refractivity contribution in [2.75, 3.05) is 25.7 Å². The molecule has 19 heavy (non-hydrogen) atoms. The van der Waals surface area contributed by atoms with Gasteiger partial charge in [0.25, 0.3) is 0 Å². The van der Waals surface area contributed by atoms with Crippen molar-refractivity contribution in [1.82, 2.24) is 4.90 Å². The summed E-state index contributed by atoms with van der Waals surface area (Å²) in [6.07, 6.45) is -15.7. The summed E-state index contributed by atoms with van der Waals surface area (Å²) in [5.41, 5.74) is -1.79. The number of nitrogens with zero attached hydrogens (tertiary/aromatic N) is 1. The van der Waals surface area contributed by atoms with E-state index < -0.39 is 100 Å². The molecule has 1 saturated heterocycles. The Kier molecular flexibility index (Phi) is 1.11. The van der Waals surface area contributed by atoms with E-state index in [4.69, 9.17) is 27.4 Å². The first kappa shape index (κ1) is 3.47. The van der Waals surface area contributed by atoms with Gasteiger partial charge in [-0.05, 0) is 55.7 Å². The monoisotopic (exact) mass is 301 g/mol. The molecule has 1 aromatic rings. The molecule has 0 amide bonds. The summed E-state index contributed by atoms with van der Waals surface area (Å²) in [5, 5.41) is 0. The van der Waals surface area contributed by atoms with Crippen LogP contribution in [0.25, 0.3) is 0 Å². The number of likely N-dealkylation sites (tertiary alicyclic amines) is 1. The molecule has 4 heteroatoms. The Morgan fingerprint density at radius 2 is 2.53 bits per heavy atom. The van der Waals surface area contributed by atoms with Crippen molar-refractivity contribution in [1.29, 1.82) is 0 Å². The predicted octanol–water partition coefficient (Wildman–Crippen LogP) is 2.68. The van der Waals surface area contributed by atoms with Crippen molar-refractivity contribution in [2.45, 2.75) is 36.8 Å². The summed E-state index contributed by atoms with van der Waals surface area (Å²) < 4.78 is 187. The minimum absolute atomic E-state index is 0.507. The maximum absolute atomic E-state index is 12.8. The Morgan fingerprint density at radius 1 is 1.68 bits per heavy atom. The van der Waals surface area contributed by atoms with E-state index in [-0.39, 0.29) is 0 Å². The molecule has 2 rings (SSSR count). The SMILES string of the molecule is [2H]c1c([2H])c(C2([2H])C([2H])([2H])N(C([2H])([2H])C([2H])([2H])C)C([2H])([2H])C([2H])([2H])C2([2H])[2H])c([2H])c(S(=O)(=O)C([2H])([2H])[2H])c1[2H]. The Bertz CT molecular complexity index is 1300. The summed E-state index contributed by atoms with van der Waals surface area (Å²) in [7, 11) is -5.78. The van der Waals surface area contributed by atoms with Gasteiger partial charge in [0.2, 0.25) is 0 Å². The van der Waals surface area contributed by atoms with Gasteiger partial charge < -0.3 is 4.90 Å². The highest BCUT2D eigenvalue weighted by Gasteiger charge is 2.21. The van der Waals surface area contributed by atoms with Crippen molar-refractivity contribution < 1.29 is 35.8 Å². The Hall–Kier alpha value is -0.870. The maximum Gasteiger partial charge on any atom is 0.175 e. The minimum atomic E-state index is -5.78. The molecular formula is C15H23NO2S. The first-order valence-electron chi connectivity index (χ1n) is 14.9. The van der Waals surface area contributed by atoms with Crippen LogP contribution in [-0.4, -0.2) is 39.0 Å². The summed E-state index contributed by atoms with van der Waals surface area (Å²) in [5.74, 6) is -4.26. The fraction of sp³-hybridized carbons (Fsp3) is 0.600. The average molecular weight is 302 g/mol. The highest BCUT2D eigenvalue weighted by molar-refractivity contribution is 7.90. The molecule has 3 nitrogen and oxygen atoms in total. The molecule has 1 aliphatic rings. The van der Waals surface area contributed by atoms with Crippen molar-refractivity contribution >= 4 is 9.84 Å². The smallest absolute Gasteiger partial charge is 0.175 e. The van der Waals surface area contributed by atoms with Gasteiger partial charge in [-0.3, -0.25) is 0 Å². The van der Waals surface area contributed by atoms with Gasteiger partial charge in [-0.25, -0.2) is 8.42 Å². The molecular weight excluding hydrogens is 258 g/mol. The number of sulfone groups is 1. The van der Waals surface area contributed by atoms with Gasteiger partial charge >= 0.3 is 0 Å². The lowest BCUT2D eigenvalue weighted by Crippen LogP contribution is -2.34. The average Bonchev–Trinajstić information content (AvgIpc) is 2.68. The van der Waals surface area contributed by atoms with Crippen LogP contribution in [-0.2, 0) is 9.84 Å². The first-order chi connectivity index (χ1) is 16.8. The van der Waals surface area contributed by atoms with E-state index in [1.54, 1.807) is 0 Å². The summed E-state index contributed by atoms with van der Waals surface area (Å²) >= 11 is 0. The lowest BCUT2D eigenvalue weighted by Gasteiger charge is -2.32. The van der Waals surface area contributed by atoms with Crippen LogP contribution in [0, 0.1) is 0 Å². The second-order valence-electron chi connectivity index (χ2n) is 3.25. The second-order valence-corrected chi connectivity index (χ2v) is 4.67. The van der Waals surface area contributed by atoms with Gasteiger partial charge in [0.05, 0.1) is 10.4 Å². The van der Waals surface area contributed by atoms with Crippen molar-refractivity contribution in [3.8, 4) is 0 Å². The van der Waals surface area contributed by atoms with E-state index in [1.165, 1.54) is 0 Å². The molecule has 0 aromatic heterocycles. The molecule has 106 valence electrons. The lowest BCUT2D eigenvalue weighted by molar-refractivity contribution is 0.208. The third kappa shape index (κ3) is 3.80. The zero-order valence-electron chi connectivity index (χ0n) is 29.7. The molecule has 1 fully saturated rings.